The van der Waals surface area contributed by atoms with Crippen LogP contribution in [0.3, 0.4) is 0 Å². The number of halogens is 1. The van der Waals surface area contributed by atoms with Crippen molar-refractivity contribution in [2.75, 3.05) is 31.6 Å². The standard InChI is InChI=1S/C22H22FN3O3/c1-15-20(24-22(29-15)16-6-8-17(23)9-7-16)13-25-10-11-26(21(27)14-25)18-4-3-5-19(12-18)28-2/h3-9,12H,10-11,13-14H2,1-2H3. The number of carbonyl (C=O) groups is 1. The number of aromatic nitrogens is 1. The Morgan fingerprint density at radius 2 is 1.97 bits per heavy atom. The maximum atomic E-state index is 13.1. The fourth-order valence-corrected chi connectivity index (χ4v) is 3.41. The SMILES string of the molecule is COc1cccc(N2CCN(Cc3nc(-c4ccc(F)cc4)oc3C)CC2=O)c1. The van der Waals surface area contributed by atoms with E-state index in [4.69, 9.17) is 9.15 Å². The van der Waals surface area contributed by atoms with Crippen molar-refractivity contribution < 1.29 is 18.3 Å². The first-order chi connectivity index (χ1) is 14.0. The van der Waals surface area contributed by atoms with Crippen LogP contribution in [0.25, 0.3) is 11.5 Å². The second kappa shape index (κ2) is 8.05. The van der Waals surface area contributed by atoms with E-state index in [0.717, 1.165) is 29.2 Å². The zero-order valence-corrected chi connectivity index (χ0v) is 16.4. The summed E-state index contributed by atoms with van der Waals surface area (Å²) in [6.07, 6.45) is 0. The van der Waals surface area contributed by atoms with Crippen LogP contribution < -0.4 is 9.64 Å². The van der Waals surface area contributed by atoms with Crippen molar-refractivity contribution >= 4 is 11.6 Å². The van der Waals surface area contributed by atoms with Crippen LogP contribution in [0, 0.1) is 12.7 Å². The summed E-state index contributed by atoms with van der Waals surface area (Å²) in [4.78, 5) is 21.1. The van der Waals surface area contributed by atoms with Crippen LogP contribution in [0.5, 0.6) is 5.75 Å². The highest BCUT2D eigenvalue weighted by Crippen LogP contribution is 2.25. The number of hydrogen-bond acceptors (Lipinski definition) is 5. The molecule has 2 aromatic carbocycles. The predicted octanol–water partition coefficient (Wildman–Crippen LogP) is 3.65. The molecule has 7 heteroatoms. The Balaban J connectivity index is 1.44. The first-order valence-electron chi connectivity index (χ1n) is 9.42. The average Bonchev–Trinajstić information content (AvgIpc) is 3.09. The Hall–Kier alpha value is -3.19. The van der Waals surface area contributed by atoms with Crippen LogP contribution in [-0.4, -0.2) is 42.5 Å². The van der Waals surface area contributed by atoms with Gasteiger partial charge in [-0.05, 0) is 43.3 Å². The van der Waals surface area contributed by atoms with Crippen LogP contribution in [-0.2, 0) is 11.3 Å². The van der Waals surface area contributed by atoms with Crippen molar-refractivity contribution in [1.29, 1.82) is 0 Å². The Bertz CT molecular complexity index is 1020. The van der Waals surface area contributed by atoms with Gasteiger partial charge < -0.3 is 14.1 Å². The number of benzene rings is 2. The number of amides is 1. The van der Waals surface area contributed by atoms with Crippen LogP contribution in [0.15, 0.2) is 52.9 Å². The molecular weight excluding hydrogens is 373 g/mol. The van der Waals surface area contributed by atoms with Crippen molar-refractivity contribution in [3.05, 3.63) is 65.8 Å². The fraction of sp³-hybridized carbons (Fsp3) is 0.273. The zero-order chi connectivity index (χ0) is 20.4. The van der Waals surface area contributed by atoms with Crippen LogP contribution in [0.4, 0.5) is 10.1 Å². The van der Waals surface area contributed by atoms with Crippen molar-refractivity contribution in [2.45, 2.75) is 13.5 Å². The average molecular weight is 395 g/mol. The second-order valence-corrected chi connectivity index (χ2v) is 6.99. The van der Waals surface area contributed by atoms with E-state index < -0.39 is 0 Å². The number of ether oxygens (including phenoxy) is 1. The van der Waals surface area contributed by atoms with Gasteiger partial charge in [-0.3, -0.25) is 9.69 Å². The van der Waals surface area contributed by atoms with E-state index in [1.165, 1.54) is 12.1 Å². The van der Waals surface area contributed by atoms with Gasteiger partial charge in [0.25, 0.3) is 0 Å². The normalized spacial score (nSPS) is 15.0. The second-order valence-electron chi connectivity index (χ2n) is 6.99. The van der Waals surface area contributed by atoms with Gasteiger partial charge in [0, 0.05) is 37.0 Å². The maximum absolute atomic E-state index is 13.1. The highest BCUT2D eigenvalue weighted by Gasteiger charge is 2.26. The summed E-state index contributed by atoms with van der Waals surface area (Å²) in [5.41, 5.74) is 2.34. The Morgan fingerprint density at radius 3 is 2.69 bits per heavy atom. The van der Waals surface area contributed by atoms with Crippen LogP contribution in [0.2, 0.25) is 0 Å². The van der Waals surface area contributed by atoms with E-state index in [2.05, 4.69) is 9.88 Å². The molecule has 6 nitrogen and oxygen atoms in total. The van der Waals surface area contributed by atoms with Gasteiger partial charge in [0.2, 0.25) is 11.8 Å². The monoisotopic (exact) mass is 395 g/mol. The van der Waals surface area contributed by atoms with E-state index in [1.54, 1.807) is 24.1 Å². The first-order valence-corrected chi connectivity index (χ1v) is 9.42. The minimum absolute atomic E-state index is 0.0319. The number of hydrogen-bond donors (Lipinski definition) is 0. The van der Waals surface area contributed by atoms with E-state index >= 15 is 0 Å². The lowest BCUT2D eigenvalue weighted by Gasteiger charge is -2.34. The highest BCUT2D eigenvalue weighted by atomic mass is 19.1. The number of carbonyl (C=O) groups excluding carboxylic acids is 1. The minimum atomic E-state index is -0.301. The minimum Gasteiger partial charge on any atom is -0.497 e. The van der Waals surface area contributed by atoms with E-state index in [-0.39, 0.29) is 11.7 Å². The van der Waals surface area contributed by atoms with Gasteiger partial charge in [0.15, 0.2) is 0 Å². The van der Waals surface area contributed by atoms with Gasteiger partial charge in [0.05, 0.1) is 19.3 Å². The largest absolute Gasteiger partial charge is 0.497 e. The predicted molar refractivity (Wildman–Crippen MR) is 107 cm³/mol. The summed E-state index contributed by atoms with van der Waals surface area (Å²) < 4.78 is 24.1. The number of nitrogens with zero attached hydrogens (tertiary/aromatic N) is 3. The first kappa shape index (κ1) is 19.1. The topological polar surface area (TPSA) is 58.8 Å². The molecular formula is C22H22FN3O3. The van der Waals surface area contributed by atoms with Gasteiger partial charge >= 0.3 is 0 Å². The molecule has 0 saturated carbocycles. The number of methoxy groups -OCH3 is 1. The molecule has 1 amide bonds. The number of piperazine rings is 1. The molecule has 0 aliphatic carbocycles. The molecule has 3 aromatic rings. The highest BCUT2D eigenvalue weighted by molar-refractivity contribution is 5.95. The summed E-state index contributed by atoms with van der Waals surface area (Å²) in [5.74, 6) is 1.61. The summed E-state index contributed by atoms with van der Waals surface area (Å²) in [6.45, 7) is 3.99. The lowest BCUT2D eigenvalue weighted by molar-refractivity contribution is -0.121. The lowest BCUT2D eigenvalue weighted by atomic mass is 10.2. The third kappa shape index (κ3) is 4.14. The molecule has 1 saturated heterocycles. The molecule has 0 unspecified atom stereocenters. The van der Waals surface area contributed by atoms with Gasteiger partial charge in [-0.1, -0.05) is 6.07 Å². The molecule has 0 spiro atoms. The zero-order valence-electron chi connectivity index (χ0n) is 16.4. The van der Waals surface area contributed by atoms with Crippen molar-refractivity contribution in [2.24, 2.45) is 0 Å². The Kier molecular flexibility index (Phi) is 5.31. The van der Waals surface area contributed by atoms with Crippen LogP contribution in [0.1, 0.15) is 11.5 Å². The quantitative estimate of drug-likeness (QED) is 0.660. The van der Waals surface area contributed by atoms with Gasteiger partial charge in [0.1, 0.15) is 17.3 Å². The lowest BCUT2D eigenvalue weighted by Crippen LogP contribution is -2.50. The third-order valence-corrected chi connectivity index (χ3v) is 5.02. The summed E-state index contributed by atoms with van der Waals surface area (Å²) in [5, 5.41) is 0. The van der Waals surface area contributed by atoms with E-state index in [1.807, 2.05) is 31.2 Å². The number of oxazole rings is 1. The molecule has 1 fully saturated rings. The molecule has 0 atom stereocenters. The van der Waals surface area contributed by atoms with Crippen molar-refractivity contribution in [3.63, 3.8) is 0 Å². The molecule has 1 aliphatic heterocycles. The molecule has 0 bridgehead atoms. The van der Waals surface area contributed by atoms with Crippen LogP contribution >= 0.6 is 0 Å². The number of anilines is 1. The Morgan fingerprint density at radius 1 is 1.17 bits per heavy atom. The molecule has 29 heavy (non-hydrogen) atoms. The van der Waals surface area contributed by atoms with E-state index in [0.29, 0.717) is 31.3 Å². The van der Waals surface area contributed by atoms with Gasteiger partial charge in [-0.2, -0.15) is 0 Å². The molecule has 1 aliphatic rings. The molecule has 2 heterocycles. The fourth-order valence-electron chi connectivity index (χ4n) is 3.41. The summed E-state index contributed by atoms with van der Waals surface area (Å²) in [7, 11) is 1.61. The number of rotatable bonds is 5. The smallest absolute Gasteiger partial charge is 0.241 e. The molecule has 150 valence electrons. The molecule has 1 aromatic heterocycles. The molecule has 0 N–H and O–H groups in total. The third-order valence-electron chi connectivity index (χ3n) is 5.02. The summed E-state index contributed by atoms with van der Waals surface area (Å²) in [6, 6.07) is 13.6. The summed E-state index contributed by atoms with van der Waals surface area (Å²) >= 11 is 0. The van der Waals surface area contributed by atoms with Crippen molar-refractivity contribution in [1.82, 2.24) is 9.88 Å². The Labute approximate surface area is 168 Å². The molecule has 4 rings (SSSR count). The maximum Gasteiger partial charge on any atom is 0.241 e. The van der Waals surface area contributed by atoms with Gasteiger partial charge in [-0.15, -0.1) is 0 Å². The van der Waals surface area contributed by atoms with Gasteiger partial charge in [-0.25, -0.2) is 9.37 Å². The van der Waals surface area contributed by atoms with Crippen molar-refractivity contribution in [3.8, 4) is 17.2 Å². The van der Waals surface area contributed by atoms with E-state index in [9.17, 15) is 9.18 Å². The number of aryl methyl sites for hydroxylation is 1. The molecule has 0 radical (unpaired) electrons.